The first-order chi connectivity index (χ1) is 12.2. The maximum atomic E-state index is 2.38. The Kier molecular flexibility index (Phi) is 4.21. The molecule has 0 aliphatic heterocycles. The predicted molar refractivity (Wildman–Crippen MR) is 109 cm³/mol. The summed E-state index contributed by atoms with van der Waals surface area (Å²) in [4.78, 5) is 0. The van der Waals surface area contributed by atoms with Gasteiger partial charge in [-0.1, -0.05) is 81.5 Å². The molecule has 2 aromatic rings. The lowest BCUT2D eigenvalue weighted by Crippen LogP contribution is -2.01. The van der Waals surface area contributed by atoms with Gasteiger partial charge in [0.2, 0.25) is 0 Å². The van der Waals surface area contributed by atoms with Gasteiger partial charge in [0.25, 0.3) is 0 Å². The normalized spacial score (nSPS) is 18.5. The van der Waals surface area contributed by atoms with Crippen LogP contribution in [0.15, 0.2) is 60.7 Å². The average Bonchev–Trinajstić information content (AvgIpc) is 3.28. The number of aryl methyl sites for hydroxylation is 1. The molecule has 0 heterocycles. The molecule has 126 valence electrons. The zero-order valence-corrected chi connectivity index (χ0v) is 15.4. The molecule has 0 heteroatoms. The first-order valence-corrected chi connectivity index (χ1v) is 9.48. The summed E-state index contributed by atoms with van der Waals surface area (Å²) in [7, 11) is 0. The highest BCUT2D eigenvalue weighted by atomic mass is 14.3. The van der Waals surface area contributed by atoms with Crippen molar-refractivity contribution in [2.24, 2.45) is 5.92 Å². The molecular weight excluding hydrogens is 300 g/mol. The van der Waals surface area contributed by atoms with Crippen LogP contribution in [0.5, 0.6) is 0 Å². The van der Waals surface area contributed by atoms with Gasteiger partial charge in [-0.2, -0.15) is 0 Å². The summed E-state index contributed by atoms with van der Waals surface area (Å²) in [5, 5.41) is 0. The van der Waals surface area contributed by atoms with Crippen molar-refractivity contribution in [3.63, 3.8) is 0 Å². The Hall–Kier alpha value is -2.34. The summed E-state index contributed by atoms with van der Waals surface area (Å²) in [6.07, 6.45) is 11.4. The molecule has 0 amide bonds. The maximum Gasteiger partial charge on any atom is 0.00502 e. The van der Waals surface area contributed by atoms with E-state index in [4.69, 9.17) is 0 Å². The maximum absolute atomic E-state index is 2.38. The molecule has 0 N–H and O–H groups in total. The summed E-state index contributed by atoms with van der Waals surface area (Å²) in [5.74, 6) is 1.24. The minimum Gasteiger partial charge on any atom is -0.0761 e. The van der Waals surface area contributed by atoms with Crippen LogP contribution in [0.1, 0.15) is 60.9 Å². The minimum atomic E-state index is 0.576. The van der Waals surface area contributed by atoms with Gasteiger partial charge in [-0.15, -0.1) is 0 Å². The zero-order chi connectivity index (χ0) is 17.4. The van der Waals surface area contributed by atoms with Crippen molar-refractivity contribution in [1.82, 2.24) is 0 Å². The first-order valence-electron chi connectivity index (χ1n) is 9.48. The smallest absolute Gasteiger partial charge is 0.00502 e. The summed E-state index contributed by atoms with van der Waals surface area (Å²) >= 11 is 0. The predicted octanol–water partition coefficient (Wildman–Crippen LogP) is 6.89. The molecule has 0 saturated heterocycles. The van der Waals surface area contributed by atoms with Crippen LogP contribution in [0.4, 0.5) is 0 Å². The van der Waals surface area contributed by atoms with Crippen LogP contribution in [0.25, 0.3) is 17.2 Å². The van der Waals surface area contributed by atoms with E-state index in [9.17, 15) is 0 Å². The van der Waals surface area contributed by atoms with E-state index in [-0.39, 0.29) is 0 Å². The first kappa shape index (κ1) is 16.1. The number of rotatable bonds is 4. The van der Waals surface area contributed by atoms with E-state index in [0.29, 0.717) is 11.8 Å². The quantitative estimate of drug-likeness (QED) is 0.574. The van der Waals surface area contributed by atoms with Gasteiger partial charge in [0.1, 0.15) is 0 Å². The van der Waals surface area contributed by atoms with Gasteiger partial charge in [0.05, 0.1) is 0 Å². The molecule has 0 aromatic heterocycles. The van der Waals surface area contributed by atoms with Gasteiger partial charge in [-0.05, 0) is 63.8 Å². The van der Waals surface area contributed by atoms with Crippen LogP contribution < -0.4 is 0 Å². The average molecular weight is 326 g/mol. The Labute approximate surface area is 151 Å². The van der Waals surface area contributed by atoms with Crippen LogP contribution in [0.3, 0.4) is 0 Å². The molecule has 0 nitrogen and oxygen atoms in total. The van der Waals surface area contributed by atoms with Gasteiger partial charge in [0.15, 0.2) is 0 Å². The summed E-state index contributed by atoms with van der Waals surface area (Å²) in [6, 6.07) is 15.8. The highest BCUT2D eigenvalue weighted by molar-refractivity contribution is 5.88. The number of hydrogen-bond acceptors (Lipinski definition) is 0. The van der Waals surface area contributed by atoms with Crippen molar-refractivity contribution in [3.8, 4) is 0 Å². The van der Waals surface area contributed by atoms with Crippen LogP contribution in [0.2, 0.25) is 0 Å². The fraction of sp³-hybridized carbons (Fsp3) is 0.280. The number of allylic oxidation sites excluding steroid dienone is 5. The molecule has 0 bridgehead atoms. The van der Waals surface area contributed by atoms with Crippen LogP contribution in [0, 0.1) is 5.92 Å². The van der Waals surface area contributed by atoms with Gasteiger partial charge in [-0.25, -0.2) is 0 Å². The Morgan fingerprint density at radius 3 is 2.60 bits per heavy atom. The van der Waals surface area contributed by atoms with Crippen molar-refractivity contribution >= 4 is 17.2 Å². The second-order valence-corrected chi connectivity index (χ2v) is 7.54. The fourth-order valence-electron chi connectivity index (χ4n) is 4.16. The Morgan fingerprint density at radius 1 is 1.00 bits per heavy atom. The minimum absolute atomic E-state index is 0.576. The van der Waals surface area contributed by atoms with Crippen LogP contribution in [-0.2, 0) is 6.42 Å². The molecule has 4 rings (SSSR count). The van der Waals surface area contributed by atoms with E-state index in [1.54, 1.807) is 0 Å². The zero-order valence-electron chi connectivity index (χ0n) is 15.4. The summed E-state index contributed by atoms with van der Waals surface area (Å²) in [5.41, 5.74) is 10.0. The van der Waals surface area contributed by atoms with Gasteiger partial charge < -0.3 is 0 Å². The lowest BCUT2D eigenvalue weighted by atomic mass is 9.88. The molecular formula is C25H26. The van der Waals surface area contributed by atoms with Crippen molar-refractivity contribution in [2.75, 3.05) is 0 Å². The van der Waals surface area contributed by atoms with E-state index in [2.05, 4.69) is 87.5 Å². The van der Waals surface area contributed by atoms with Crippen LogP contribution in [-0.4, -0.2) is 0 Å². The number of benzene rings is 2. The Bertz CT molecular complexity index is 890. The Balaban J connectivity index is 1.57. The number of fused-ring (bicyclic) bond motifs is 1. The van der Waals surface area contributed by atoms with E-state index in [1.165, 1.54) is 39.0 Å². The van der Waals surface area contributed by atoms with E-state index < -0.39 is 0 Å². The molecule has 1 atom stereocenters. The summed E-state index contributed by atoms with van der Waals surface area (Å²) in [6.45, 7) is 6.85. The largest absolute Gasteiger partial charge is 0.0761 e. The van der Waals surface area contributed by atoms with Crippen LogP contribution >= 0.6 is 0 Å². The van der Waals surface area contributed by atoms with E-state index in [0.717, 1.165) is 12.8 Å². The second-order valence-electron chi connectivity index (χ2n) is 7.54. The Morgan fingerprint density at radius 2 is 1.80 bits per heavy atom. The molecule has 1 unspecified atom stereocenters. The highest BCUT2D eigenvalue weighted by Gasteiger charge is 2.21. The molecule has 2 aliphatic rings. The van der Waals surface area contributed by atoms with Crippen molar-refractivity contribution in [3.05, 3.63) is 88.5 Å². The summed E-state index contributed by atoms with van der Waals surface area (Å²) < 4.78 is 0. The third-order valence-corrected chi connectivity index (χ3v) is 5.63. The van der Waals surface area contributed by atoms with E-state index >= 15 is 0 Å². The molecule has 25 heavy (non-hydrogen) atoms. The molecule has 0 spiro atoms. The second kappa shape index (κ2) is 6.52. The third-order valence-electron chi connectivity index (χ3n) is 5.63. The van der Waals surface area contributed by atoms with Crippen molar-refractivity contribution in [2.45, 2.75) is 39.5 Å². The molecule has 0 fully saturated rings. The van der Waals surface area contributed by atoms with Gasteiger partial charge >= 0.3 is 0 Å². The van der Waals surface area contributed by atoms with E-state index in [1.807, 2.05) is 0 Å². The molecule has 2 aliphatic carbocycles. The molecule has 0 radical (unpaired) electrons. The SMILES string of the molecule is CCc1ccccc1C1=CC=C(c2ccc3c(c2)C=CC3C(C)C)C1. The monoisotopic (exact) mass is 326 g/mol. The highest BCUT2D eigenvalue weighted by Crippen LogP contribution is 2.39. The topological polar surface area (TPSA) is 0 Å². The molecule has 0 saturated carbocycles. The fourth-order valence-corrected chi connectivity index (χ4v) is 4.16. The van der Waals surface area contributed by atoms with Gasteiger partial charge in [0, 0.05) is 5.92 Å². The van der Waals surface area contributed by atoms with Crippen molar-refractivity contribution in [1.29, 1.82) is 0 Å². The number of hydrogen-bond donors (Lipinski definition) is 0. The third kappa shape index (κ3) is 2.91. The lowest BCUT2D eigenvalue weighted by Gasteiger charge is -2.16. The lowest BCUT2D eigenvalue weighted by molar-refractivity contribution is 0.584. The van der Waals surface area contributed by atoms with Crippen molar-refractivity contribution < 1.29 is 0 Å². The standard InChI is InChI=1S/C25H26/c1-4-18-7-5-6-8-24(18)21-10-9-19(15-21)20-11-14-25-22(16-20)12-13-23(25)17(2)3/h5-14,16-17,23H,4,15H2,1-3H3. The van der Waals surface area contributed by atoms with Gasteiger partial charge in [-0.3, -0.25) is 0 Å². The molecule has 2 aromatic carbocycles.